The van der Waals surface area contributed by atoms with Gasteiger partial charge in [0, 0.05) is 23.8 Å². The molecule has 0 aliphatic rings. The Balaban J connectivity index is 2.15. The van der Waals surface area contributed by atoms with Crippen molar-refractivity contribution in [3.05, 3.63) is 63.9 Å². The van der Waals surface area contributed by atoms with Gasteiger partial charge in [0.25, 0.3) is 0 Å². The van der Waals surface area contributed by atoms with Crippen molar-refractivity contribution in [3.63, 3.8) is 0 Å². The lowest BCUT2D eigenvalue weighted by molar-refractivity contribution is 0.625. The lowest BCUT2D eigenvalue weighted by Crippen LogP contribution is -2.16. The van der Waals surface area contributed by atoms with Crippen molar-refractivity contribution >= 4 is 21.6 Å². The third-order valence-corrected chi connectivity index (χ3v) is 3.64. The van der Waals surface area contributed by atoms with Gasteiger partial charge in [-0.3, -0.25) is 0 Å². The van der Waals surface area contributed by atoms with Gasteiger partial charge in [-0.2, -0.15) is 0 Å². The van der Waals surface area contributed by atoms with Gasteiger partial charge in [-0.1, -0.05) is 39.7 Å². The predicted molar refractivity (Wildman–Crippen MR) is 77.4 cm³/mol. The van der Waals surface area contributed by atoms with E-state index in [0.29, 0.717) is 0 Å². The van der Waals surface area contributed by atoms with Crippen molar-refractivity contribution < 1.29 is 4.39 Å². The van der Waals surface area contributed by atoms with Crippen LogP contribution < -0.4 is 4.90 Å². The molecule has 0 heterocycles. The molecule has 0 atom stereocenters. The van der Waals surface area contributed by atoms with E-state index in [4.69, 9.17) is 0 Å². The summed E-state index contributed by atoms with van der Waals surface area (Å²) in [6.45, 7) is 2.81. The number of benzene rings is 2. The lowest BCUT2D eigenvalue weighted by Gasteiger charge is -2.20. The molecule has 0 fully saturated rings. The van der Waals surface area contributed by atoms with Crippen molar-refractivity contribution in [1.29, 1.82) is 0 Å². The second kappa shape index (κ2) is 5.53. The molecule has 0 aliphatic carbocycles. The van der Waals surface area contributed by atoms with E-state index in [1.54, 1.807) is 0 Å². The second-order valence-corrected chi connectivity index (χ2v) is 5.28. The summed E-state index contributed by atoms with van der Waals surface area (Å²) in [7, 11) is 2.03. The van der Waals surface area contributed by atoms with Crippen molar-refractivity contribution in [3.8, 4) is 0 Å². The number of aryl methyl sites for hydroxylation is 1. The van der Waals surface area contributed by atoms with Gasteiger partial charge in [0.2, 0.25) is 0 Å². The van der Waals surface area contributed by atoms with Gasteiger partial charge in [-0.05, 0) is 36.8 Å². The average molecular weight is 308 g/mol. The number of anilines is 1. The molecule has 0 radical (unpaired) electrons. The molecule has 0 saturated carbocycles. The van der Waals surface area contributed by atoms with Crippen molar-refractivity contribution in [2.45, 2.75) is 13.5 Å². The number of nitrogens with zero attached hydrogens (tertiary/aromatic N) is 1. The fourth-order valence-electron chi connectivity index (χ4n) is 1.80. The summed E-state index contributed by atoms with van der Waals surface area (Å²) in [4.78, 5) is 2.14. The third kappa shape index (κ3) is 3.10. The van der Waals surface area contributed by atoms with Crippen molar-refractivity contribution in [1.82, 2.24) is 0 Å². The number of hydrogen-bond acceptors (Lipinski definition) is 1. The maximum absolute atomic E-state index is 13.0. The molecular formula is C15H15BrFN. The van der Waals surface area contributed by atoms with E-state index >= 15 is 0 Å². The van der Waals surface area contributed by atoms with Crippen LogP contribution in [0.4, 0.5) is 10.1 Å². The largest absolute Gasteiger partial charge is 0.370 e. The summed E-state index contributed by atoms with van der Waals surface area (Å²) < 4.78 is 13.8. The summed E-state index contributed by atoms with van der Waals surface area (Å²) in [5, 5.41) is 0. The van der Waals surface area contributed by atoms with Crippen LogP contribution in [-0.2, 0) is 6.54 Å². The second-order valence-electron chi connectivity index (χ2n) is 4.43. The van der Waals surface area contributed by atoms with Crippen molar-refractivity contribution in [2.75, 3.05) is 11.9 Å². The van der Waals surface area contributed by atoms with Gasteiger partial charge in [-0.25, -0.2) is 4.39 Å². The molecule has 0 amide bonds. The molecule has 18 heavy (non-hydrogen) atoms. The molecule has 0 saturated heterocycles. The van der Waals surface area contributed by atoms with Gasteiger partial charge in [-0.15, -0.1) is 0 Å². The van der Waals surface area contributed by atoms with Crippen LogP contribution in [0.15, 0.2) is 46.9 Å². The summed E-state index contributed by atoms with van der Waals surface area (Å²) >= 11 is 3.39. The SMILES string of the molecule is Cc1ccc(N(C)Cc2ccc(F)cc2Br)cc1. The molecule has 1 nitrogen and oxygen atoms in total. The third-order valence-electron chi connectivity index (χ3n) is 2.90. The predicted octanol–water partition coefficient (Wildman–Crippen LogP) is 4.53. The van der Waals surface area contributed by atoms with Crippen molar-refractivity contribution in [2.24, 2.45) is 0 Å². The van der Waals surface area contributed by atoms with Crippen LogP contribution in [0.5, 0.6) is 0 Å². The highest BCUT2D eigenvalue weighted by Gasteiger charge is 2.06. The van der Waals surface area contributed by atoms with Crippen LogP contribution in [-0.4, -0.2) is 7.05 Å². The Morgan fingerprint density at radius 1 is 1.11 bits per heavy atom. The zero-order valence-corrected chi connectivity index (χ0v) is 12.0. The minimum Gasteiger partial charge on any atom is -0.370 e. The molecule has 94 valence electrons. The van der Waals surface area contributed by atoms with Gasteiger partial charge >= 0.3 is 0 Å². The summed E-state index contributed by atoms with van der Waals surface area (Å²) in [5.41, 5.74) is 3.46. The first-order valence-corrected chi connectivity index (χ1v) is 6.57. The number of rotatable bonds is 3. The number of halogens is 2. The molecule has 2 aromatic rings. The Labute approximate surface area is 115 Å². The van der Waals surface area contributed by atoms with Crippen LogP contribution in [0, 0.1) is 12.7 Å². The minimum atomic E-state index is -0.219. The van der Waals surface area contributed by atoms with E-state index in [0.717, 1.165) is 22.3 Å². The van der Waals surface area contributed by atoms with Gasteiger partial charge < -0.3 is 4.90 Å². The van der Waals surface area contributed by atoms with Crippen LogP contribution in [0.3, 0.4) is 0 Å². The fraction of sp³-hybridized carbons (Fsp3) is 0.200. The van der Waals surface area contributed by atoms with Crippen LogP contribution in [0.1, 0.15) is 11.1 Å². The zero-order valence-electron chi connectivity index (χ0n) is 10.5. The Kier molecular flexibility index (Phi) is 4.02. The van der Waals surface area contributed by atoms with Crippen LogP contribution >= 0.6 is 15.9 Å². The Morgan fingerprint density at radius 3 is 2.39 bits per heavy atom. The number of hydrogen-bond donors (Lipinski definition) is 0. The Hall–Kier alpha value is -1.35. The molecular weight excluding hydrogens is 293 g/mol. The quantitative estimate of drug-likeness (QED) is 0.805. The molecule has 0 bridgehead atoms. The Morgan fingerprint density at radius 2 is 1.78 bits per heavy atom. The molecule has 0 spiro atoms. The van der Waals surface area contributed by atoms with E-state index in [9.17, 15) is 4.39 Å². The van der Waals surface area contributed by atoms with E-state index in [1.165, 1.54) is 17.7 Å². The Bertz CT molecular complexity index is 537. The smallest absolute Gasteiger partial charge is 0.124 e. The highest BCUT2D eigenvalue weighted by Crippen LogP contribution is 2.22. The van der Waals surface area contributed by atoms with Gasteiger partial charge in [0.1, 0.15) is 5.82 Å². The topological polar surface area (TPSA) is 3.24 Å². The summed E-state index contributed by atoms with van der Waals surface area (Å²) in [5.74, 6) is -0.219. The lowest BCUT2D eigenvalue weighted by atomic mass is 10.2. The summed E-state index contributed by atoms with van der Waals surface area (Å²) in [6.07, 6.45) is 0. The maximum atomic E-state index is 13.0. The first-order valence-electron chi connectivity index (χ1n) is 5.78. The average Bonchev–Trinajstić information content (AvgIpc) is 2.33. The summed E-state index contributed by atoms with van der Waals surface area (Å²) in [6, 6.07) is 13.2. The monoisotopic (exact) mass is 307 g/mol. The maximum Gasteiger partial charge on any atom is 0.124 e. The normalized spacial score (nSPS) is 10.4. The highest BCUT2D eigenvalue weighted by atomic mass is 79.9. The fourth-order valence-corrected chi connectivity index (χ4v) is 2.27. The molecule has 0 aliphatic heterocycles. The van der Waals surface area contributed by atoms with Gasteiger partial charge in [0.05, 0.1) is 0 Å². The minimum absolute atomic E-state index is 0.219. The van der Waals surface area contributed by atoms with Crippen LogP contribution in [0.25, 0.3) is 0 Å². The molecule has 0 unspecified atom stereocenters. The van der Waals surface area contributed by atoms with Crippen LogP contribution in [0.2, 0.25) is 0 Å². The standard InChI is InChI=1S/C15H15BrFN/c1-11-3-7-14(8-4-11)18(2)10-12-5-6-13(17)9-15(12)16/h3-9H,10H2,1-2H3. The van der Waals surface area contributed by atoms with E-state index in [1.807, 2.05) is 13.1 Å². The molecule has 0 aromatic heterocycles. The first-order chi connectivity index (χ1) is 8.56. The van der Waals surface area contributed by atoms with E-state index < -0.39 is 0 Å². The molecule has 2 rings (SSSR count). The first kappa shape index (κ1) is 13.1. The molecule has 0 N–H and O–H groups in total. The molecule has 3 heteroatoms. The highest BCUT2D eigenvalue weighted by molar-refractivity contribution is 9.10. The molecule has 2 aromatic carbocycles. The van der Waals surface area contributed by atoms with E-state index in [-0.39, 0.29) is 5.82 Å². The van der Waals surface area contributed by atoms with E-state index in [2.05, 4.69) is 52.0 Å². The zero-order chi connectivity index (χ0) is 13.1. The van der Waals surface area contributed by atoms with Gasteiger partial charge in [0.15, 0.2) is 0 Å².